The minimum atomic E-state index is 0.106. The van der Waals surface area contributed by atoms with E-state index in [1.807, 2.05) is 0 Å². The van der Waals surface area contributed by atoms with Crippen LogP contribution in [-0.4, -0.2) is 32.5 Å². The van der Waals surface area contributed by atoms with Gasteiger partial charge >= 0.3 is 0 Å². The molecule has 0 spiro atoms. The molecule has 1 aliphatic rings. The quantitative estimate of drug-likeness (QED) is 0.465. The van der Waals surface area contributed by atoms with E-state index >= 15 is 0 Å². The van der Waals surface area contributed by atoms with Crippen molar-refractivity contribution >= 4 is 29.0 Å². The lowest BCUT2D eigenvalue weighted by molar-refractivity contribution is -0.119. The Morgan fingerprint density at radius 2 is 1.93 bits per heavy atom. The maximum Gasteiger partial charge on any atom is 0.230 e. The molecule has 2 aromatic rings. The zero-order valence-electron chi connectivity index (χ0n) is 17.4. The summed E-state index contributed by atoms with van der Waals surface area (Å²) in [6.07, 6.45) is 7.26. The fraction of sp³-hybridized carbons (Fsp3) is 0.667. The van der Waals surface area contributed by atoms with Crippen molar-refractivity contribution < 1.29 is 4.79 Å². The second kappa shape index (κ2) is 9.92. The van der Waals surface area contributed by atoms with Crippen LogP contribution in [0, 0.1) is 0 Å². The normalized spacial score (nSPS) is 15.9. The number of thiophene rings is 1. The van der Waals surface area contributed by atoms with Gasteiger partial charge in [-0.2, -0.15) is 0 Å². The number of amides is 1. The Bertz CT molecular complexity index is 773. The molecule has 28 heavy (non-hydrogen) atoms. The molecule has 5 nitrogen and oxygen atoms in total. The van der Waals surface area contributed by atoms with Crippen molar-refractivity contribution in [3.8, 4) is 11.4 Å². The van der Waals surface area contributed by atoms with Crippen LogP contribution in [0.2, 0.25) is 0 Å². The van der Waals surface area contributed by atoms with Gasteiger partial charge in [-0.3, -0.25) is 9.36 Å². The molecule has 1 amide bonds. The molecule has 0 radical (unpaired) electrons. The molecule has 1 aliphatic carbocycles. The van der Waals surface area contributed by atoms with Crippen LogP contribution in [0.1, 0.15) is 83.1 Å². The Balaban J connectivity index is 1.66. The number of nitrogens with zero attached hydrogens (tertiary/aromatic N) is 3. The third kappa shape index (κ3) is 5.38. The molecular formula is C21H32N4OS2. The average molecular weight is 421 g/mol. The summed E-state index contributed by atoms with van der Waals surface area (Å²) in [5, 5.41) is 15.0. The van der Waals surface area contributed by atoms with Gasteiger partial charge in [-0.15, -0.1) is 21.5 Å². The van der Waals surface area contributed by atoms with E-state index in [0.717, 1.165) is 29.4 Å². The third-order valence-electron chi connectivity index (χ3n) is 5.18. The standard InChI is InChI=1S/C21H32N4OS2/c1-14(2)18-11-16(12-27-18)20-23-24-21(25(20)15(3)4)28-13-19(26)22-17-9-7-5-6-8-10-17/h11-12,14-15,17H,5-10,13H2,1-4H3,(H,22,26). The second-order valence-corrected chi connectivity index (χ2v) is 10.1. The van der Waals surface area contributed by atoms with Crippen LogP contribution < -0.4 is 5.32 Å². The molecule has 0 aromatic carbocycles. The molecule has 2 aromatic heterocycles. The van der Waals surface area contributed by atoms with Crippen LogP contribution in [0.15, 0.2) is 16.6 Å². The zero-order chi connectivity index (χ0) is 20.1. The molecule has 7 heteroatoms. The van der Waals surface area contributed by atoms with E-state index in [1.54, 1.807) is 11.3 Å². The highest BCUT2D eigenvalue weighted by molar-refractivity contribution is 7.99. The van der Waals surface area contributed by atoms with Gasteiger partial charge in [0, 0.05) is 27.9 Å². The number of hydrogen-bond donors (Lipinski definition) is 1. The summed E-state index contributed by atoms with van der Waals surface area (Å²) in [4.78, 5) is 13.8. The Morgan fingerprint density at radius 3 is 2.54 bits per heavy atom. The predicted molar refractivity (Wildman–Crippen MR) is 118 cm³/mol. The molecule has 0 unspecified atom stereocenters. The molecule has 1 saturated carbocycles. The summed E-state index contributed by atoms with van der Waals surface area (Å²) in [6.45, 7) is 8.68. The monoisotopic (exact) mass is 420 g/mol. The number of carbonyl (C=O) groups excluding carboxylic acids is 1. The van der Waals surface area contributed by atoms with Crippen molar-refractivity contribution in [2.45, 2.75) is 89.4 Å². The Kier molecular flexibility index (Phi) is 7.57. The fourth-order valence-electron chi connectivity index (χ4n) is 3.63. The van der Waals surface area contributed by atoms with Crippen LogP contribution in [0.3, 0.4) is 0 Å². The van der Waals surface area contributed by atoms with Gasteiger partial charge in [0.15, 0.2) is 11.0 Å². The first-order chi connectivity index (χ1) is 13.5. The summed E-state index contributed by atoms with van der Waals surface area (Å²) in [5.41, 5.74) is 1.12. The van der Waals surface area contributed by atoms with Crippen LogP contribution >= 0.6 is 23.1 Å². The van der Waals surface area contributed by atoms with Crippen LogP contribution in [-0.2, 0) is 4.79 Å². The average Bonchev–Trinajstić information content (AvgIpc) is 3.22. The van der Waals surface area contributed by atoms with Gasteiger partial charge in [0.05, 0.1) is 5.75 Å². The van der Waals surface area contributed by atoms with Gasteiger partial charge in [-0.25, -0.2) is 0 Å². The summed E-state index contributed by atoms with van der Waals surface area (Å²) in [6, 6.07) is 2.79. The molecule has 2 heterocycles. The maximum atomic E-state index is 12.4. The number of nitrogens with one attached hydrogen (secondary N) is 1. The van der Waals surface area contributed by atoms with Crippen LogP contribution in [0.5, 0.6) is 0 Å². The lowest BCUT2D eigenvalue weighted by Crippen LogP contribution is -2.35. The number of rotatable bonds is 7. The molecule has 0 aliphatic heterocycles. The van der Waals surface area contributed by atoms with Gasteiger partial charge in [-0.1, -0.05) is 51.3 Å². The van der Waals surface area contributed by atoms with Gasteiger partial charge in [0.25, 0.3) is 0 Å². The van der Waals surface area contributed by atoms with E-state index in [-0.39, 0.29) is 11.9 Å². The second-order valence-electron chi connectivity index (χ2n) is 8.21. The van der Waals surface area contributed by atoms with E-state index in [4.69, 9.17) is 0 Å². The van der Waals surface area contributed by atoms with E-state index in [0.29, 0.717) is 17.7 Å². The zero-order valence-corrected chi connectivity index (χ0v) is 19.0. The van der Waals surface area contributed by atoms with Crippen molar-refractivity contribution in [2.24, 2.45) is 0 Å². The summed E-state index contributed by atoms with van der Waals surface area (Å²) >= 11 is 3.26. The molecule has 0 atom stereocenters. The largest absolute Gasteiger partial charge is 0.353 e. The van der Waals surface area contributed by atoms with Crippen LogP contribution in [0.4, 0.5) is 0 Å². The van der Waals surface area contributed by atoms with Gasteiger partial charge < -0.3 is 5.32 Å². The summed E-state index contributed by atoms with van der Waals surface area (Å²) in [5.74, 6) is 1.90. The van der Waals surface area contributed by atoms with Crippen molar-refractivity contribution in [1.29, 1.82) is 0 Å². The van der Waals surface area contributed by atoms with Crippen molar-refractivity contribution in [1.82, 2.24) is 20.1 Å². The lowest BCUT2D eigenvalue weighted by Gasteiger charge is -2.16. The van der Waals surface area contributed by atoms with Gasteiger partial charge in [0.2, 0.25) is 5.91 Å². The van der Waals surface area contributed by atoms with E-state index in [2.05, 4.69) is 59.2 Å². The first kappa shape index (κ1) is 21.4. The van der Waals surface area contributed by atoms with E-state index < -0.39 is 0 Å². The third-order valence-corrected chi connectivity index (χ3v) is 7.36. The fourth-order valence-corrected chi connectivity index (χ4v) is 5.42. The number of thioether (sulfide) groups is 1. The Morgan fingerprint density at radius 1 is 1.21 bits per heavy atom. The van der Waals surface area contributed by atoms with E-state index in [1.165, 1.54) is 42.3 Å². The highest BCUT2D eigenvalue weighted by Gasteiger charge is 2.20. The molecule has 1 fully saturated rings. The summed E-state index contributed by atoms with van der Waals surface area (Å²) < 4.78 is 2.15. The van der Waals surface area contributed by atoms with Crippen molar-refractivity contribution in [3.05, 3.63) is 16.3 Å². The summed E-state index contributed by atoms with van der Waals surface area (Å²) in [7, 11) is 0. The molecule has 1 N–H and O–H groups in total. The smallest absolute Gasteiger partial charge is 0.230 e. The first-order valence-corrected chi connectivity index (χ1v) is 12.3. The number of hydrogen-bond acceptors (Lipinski definition) is 5. The topological polar surface area (TPSA) is 59.8 Å². The molecule has 0 saturated heterocycles. The van der Waals surface area contributed by atoms with Crippen LogP contribution in [0.25, 0.3) is 11.4 Å². The molecular weight excluding hydrogens is 388 g/mol. The predicted octanol–water partition coefficient (Wildman–Crippen LogP) is 5.64. The van der Waals surface area contributed by atoms with Crippen molar-refractivity contribution in [2.75, 3.05) is 5.75 Å². The molecule has 3 rings (SSSR count). The van der Waals surface area contributed by atoms with Gasteiger partial charge in [0.1, 0.15) is 0 Å². The minimum Gasteiger partial charge on any atom is -0.353 e. The molecule has 154 valence electrons. The SMILES string of the molecule is CC(C)c1cc(-c2nnc(SCC(=O)NC3CCCCCC3)n2C(C)C)cs1. The lowest BCUT2D eigenvalue weighted by atomic mass is 10.1. The Labute approximate surface area is 176 Å². The van der Waals surface area contributed by atoms with E-state index in [9.17, 15) is 4.79 Å². The Hall–Kier alpha value is -1.34. The number of carbonyl (C=O) groups is 1. The molecule has 0 bridgehead atoms. The highest BCUT2D eigenvalue weighted by Crippen LogP contribution is 2.32. The minimum absolute atomic E-state index is 0.106. The first-order valence-electron chi connectivity index (χ1n) is 10.4. The maximum absolute atomic E-state index is 12.4. The van der Waals surface area contributed by atoms with Gasteiger partial charge in [-0.05, 0) is 38.7 Å². The van der Waals surface area contributed by atoms with Crippen molar-refractivity contribution in [3.63, 3.8) is 0 Å². The highest BCUT2D eigenvalue weighted by atomic mass is 32.2. The number of aromatic nitrogens is 3.